The maximum Gasteiger partial charge on any atom is 0.338 e. The molecule has 10 nitrogen and oxygen atoms in total. The monoisotopic (exact) mass is 572 g/mol. The molecule has 2 aliphatic rings. The van der Waals surface area contributed by atoms with Crippen molar-refractivity contribution in [3.8, 4) is 22.8 Å². The Morgan fingerprint density at radius 1 is 1.12 bits per heavy atom. The Bertz CT molecular complexity index is 1940. The van der Waals surface area contributed by atoms with E-state index in [9.17, 15) is 19.5 Å². The molecular formula is C30H24N2O8S. The first-order chi connectivity index (χ1) is 19.7. The summed E-state index contributed by atoms with van der Waals surface area (Å²) < 4.78 is 24.2. The fourth-order valence-electron chi connectivity index (χ4n) is 4.91. The largest absolute Gasteiger partial charge is 0.478 e. The molecule has 6 rings (SSSR count). The number of esters is 1. The highest BCUT2D eigenvalue weighted by molar-refractivity contribution is 7.07. The summed E-state index contributed by atoms with van der Waals surface area (Å²) in [6.45, 7) is 5.56. The Labute approximate surface area is 237 Å². The summed E-state index contributed by atoms with van der Waals surface area (Å²) in [7, 11) is 0. The van der Waals surface area contributed by atoms with Gasteiger partial charge in [0.15, 0.2) is 16.3 Å². The summed E-state index contributed by atoms with van der Waals surface area (Å²) in [6, 6.07) is 12.8. The van der Waals surface area contributed by atoms with E-state index in [1.54, 1.807) is 62.4 Å². The van der Waals surface area contributed by atoms with Crippen LogP contribution in [0.5, 0.6) is 11.5 Å². The van der Waals surface area contributed by atoms with E-state index < -0.39 is 18.0 Å². The van der Waals surface area contributed by atoms with Gasteiger partial charge in [0.05, 0.1) is 34.0 Å². The maximum absolute atomic E-state index is 13.9. The molecule has 0 saturated heterocycles. The van der Waals surface area contributed by atoms with E-state index in [4.69, 9.17) is 18.6 Å². The van der Waals surface area contributed by atoms with Crippen LogP contribution in [-0.2, 0) is 9.53 Å². The number of thiazole rings is 1. The van der Waals surface area contributed by atoms with Crippen molar-refractivity contribution in [1.82, 2.24) is 4.57 Å². The molecule has 41 heavy (non-hydrogen) atoms. The third-order valence-corrected chi connectivity index (χ3v) is 7.86. The number of carbonyl (C=O) groups is 2. The molecule has 11 heteroatoms. The van der Waals surface area contributed by atoms with Crippen LogP contribution in [0.1, 0.15) is 47.1 Å². The SMILES string of the molecule is CCOC(=O)C1=C(C)N=c2s/c(=C\c3ccc(-c4cc(C(=O)O)ccc4C)o3)c(=O)n2[C@@H]1c1ccc2c(c1)OCO2. The number of aryl methyl sites for hydroxylation is 1. The van der Waals surface area contributed by atoms with Gasteiger partial charge < -0.3 is 23.7 Å². The summed E-state index contributed by atoms with van der Waals surface area (Å²) in [5, 5.41) is 9.38. The third-order valence-electron chi connectivity index (χ3n) is 6.88. The number of fused-ring (bicyclic) bond motifs is 2. The van der Waals surface area contributed by atoms with E-state index >= 15 is 0 Å². The zero-order valence-electron chi connectivity index (χ0n) is 22.3. The van der Waals surface area contributed by atoms with Gasteiger partial charge >= 0.3 is 11.9 Å². The Morgan fingerprint density at radius 3 is 2.71 bits per heavy atom. The Hall–Kier alpha value is -4.90. The number of allylic oxidation sites excluding steroid dienone is 1. The van der Waals surface area contributed by atoms with Crippen molar-refractivity contribution in [2.24, 2.45) is 4.99 Å². The molecule has 0 spiro atoms. The average molecular weight is 573 g/mol. The Kier molecular flexibility index (Phi) is 6.58. The summed E-state index contributed by atoms with van der Waals surface area (Å²) in [4.78, 5) is 43.4. The van der Waals surface area contributed by atoms with Gasteiger partial charge in [-0.1, -0.05) is 23.5 Å². The molecule has 0 amide bonds. The highest BCUT2D eigenvalue weighted by Gasteiger charge is 2.34. The van der Waals surface area contributed by atoms with Gasteiger partial charge in [-0.15, -0.1) is 0 Å². The highest BCUT2D eigenvalue weighted by Crippen LogP contribution is 2.38. The Balaban J connectivity index is 1.47. The van der Waals surface area contributed by atoms with Gasteiger partial charge in [-0.05, 0) is 68.3 Å². The normalized spacial score (nSPS) is 16.0. The van der Waals surface area contributed by atoms with E-state index in [0.29, 0.717) is 49.2 Å². The lowest BCUT2D eigenvalue weighted by molar-refractivity contribution is -0.139. The topological polar surface area (TPSA) is 130 Å². The summed E-state index contributed by atoms with van der Waals surface area (Å²) in [5.41, 5.74) is 2.64. The number of carboxylic acids is 1. The van der Waals surface area contributed by atoms with Gasteiger partial charge in [0.2, 0.25) is 6.79 Å². The lowest BCUT2D eigenvalue weighted by Gasteiger charge is -2.24. The fraction of sp³-hybridized carbons (Fsp3) is 0.200. The van der Waals surface area contributed by atoms with Crippen molar-refractivity contribution >= 4 is 29.4 Å². The number of carbonyl (C=O) groups excluding carboxylic acids is 1. The standard InChI is InChI=1S/C30H24N2O8S/c1-4-37-29(36)25-16(3)31-30-32(26(25)17-7-9-22-23(12-17)39-14-38-22)27(33)24(41-30)13-19-8-10-21(40-19)20-11-18(28(34)35)6-5-15(20)2/h5-13,26H,4,14H2,1-3H3,(H,34,35)/b24-13-/t26-/m1/s1. The molecule has 1 N–H and O–H groups in total. The zero-order chi connectivity index (χ0) is 28.8. The molecule has 2 aliphatic heterocycles. The van der Waals surface area contributed by atoms with Crippen LogP contribution in [0, 0.1) is 6.92 Å². The molecule has 0 aliphatic carbocycles. The number of aromatic carboxylic acids is 1. The highest BCUT2D eigenvalue weighted by atomic mass is 32.1. The second-order valence-electron chi connectivity index (χ2n) is 9.45. The number of benzene rings is 2. The summed E-state index contributed by atoms with van der Waals surface area (Å²) >= 11 is 1.17. The number of aromatic nitrogens is 1. The summed E-state index contributed by atoms with van der Waals surface area (Å²) in [6.07, 6.45) is 1.61. The molecule has 1 atom stereocenters. The van der Waals surface area contributed by atoms with Crippen LogP contribution in [0.3, 0.4) is 0 Å². The Morgan fingerprint density at radius 2 is 1.93 bits per heavy atom. The molecule has 208 valence electrons. The van der Waals surface area contributed by atoms with Crippen molar-refractivity contribution < 1.29 is 33.3 Å². The van der Waals surface area contributed by atoms with Crippen LogP contribution in [0.15, 0.2) is 74.0 Å². The molecule has 0 bridgehead atoms. The molecule has 2 aromatic heterocycles. The number of hydrogen-bond acceptors (Lipinski definition) is 9. The van der Waals surface area contributed by atoms with Crippen LogP contribution in [0.2, 0.25) is 0 Å². The zero-order valence-corrected chi connectivity index (χ0v) is 23.1. The minimum absolute atomic E-state index is 0.0897. The van der Waals surface area contributed by atoms with E-state index in [-0.39, 0.29) is 30.1 Å². The molecule has 0 radical (unpaired) electrons. The molecule has 0 unspecified atom stereocenters. The number of nitrogens with zero attached hydrogens (tertiary/aromatic N) is 2. The van der Waals surface area contributed by atoms with Crippen LogP contribution in [-0.4, -0.2) is 35.0 Å². The van der Waals surface area contributed by atoms with Crippen LogP contribution in [0.4, 0.5) is 0 Å². The molecule has 2 aromatic carbocycles. The van der Waals surface area contributed by atoms with E-state index in [1.165, 1.54) is 22.0 Å². The minimum atomic E-state index is -1.03. The molecule has 4 aromatic rings. The molecule has 0 fully saturated rings. The van der Waals surface area contributed by atoms with Crippen molar-refractivity contribution in [2.75, 3.05) is 13.4 Å². The van der Waals surface area contributed by atoms with Gasteiger partial charge in [0.1, 0.15) is 11.5 Å². The van der Waals surface area contributed by atoms with Crippen molar-refractivity contribution in [3.05, 3.63) is 102 Å². The van der Waals surface area contributed by atoms with E-state index in [0.717, 1.165) is 5.56 Å². The number of hydrogen-bond donors (Lipinski definition) is 1. The second-order valence-corrected chi connectivity index (χ2v) is 10.5. The van der Waals surface area contributed by atoms with Crippen molar-refractivity contribution in [3.63, 3.8) is 0 Å². The summed E-state index contributed by atoms with van der Waals surface area (Å²) in [5.74, 6) is 0.397. The van der Waals surface area contributed by atoms with Gasteiger partial charge in [0, 0.05) is 11.6 Å². The number of furan rings is 1. The number of rotatable bonds is 6. The van der Waals surface area contributed by atoms with Crippen molar-refractivity contribution in [1.29, 1.82) is 0 Å². The van der Waals surface area contributed by atoms with Crippen LogP contribution >= 0.6 is 11.3 Å². The quantitative estimate of drug-likeness (QED) is 0.346. The minimum Gasteiger partial charge on any atom is -0.478 e. The average Bonchev–Trinajstić information content (AvgIpc) is 3.67. The van der Waals surface area contributed by atoms with Gasteiger partial charge in [-0.25, -0.2) is 14.6 Å². The third kappa shape index (κ3) is 4.63. The smallest absolute Gasteiger partial charge is 0.338 e. The van der Waals surface area contributed by atoms with Gasteiger partial charge in [0.25, 0.3) is 5.56 Å². The van der Waals surface area contributed by atoms with Crippen LogP contribution < -0.4 is 24.4 Å². The van der Waals surface area contributed by atoms with E-state index in [1.807, 2.05) is 6.92 Å². The number of ether oxygens (including phenoxy) is 3. The molecule has 4 heterocycles. The molecular weight excluding hydrogens is 548 g/mol. The van der Waals surface area contributed by atoms with Crippen LogP contribution in [0.25, 0.3) is 17.4 Å². The lowest BCUT2D eigenvalue weighted by atomic mass is 9.95. The molecule has 0 saturated carbocycles. The second kappa shape index (κ2) is 10.3. The number of carboxylic acid groups (broad SMARTS) is 1. The first-order valence-corrected chi connectivity index (χ1v) is 13.6. The predicted molar refractivity (Wildman–Crippen MR) is 149 cm³/mol. The van der Waals surface area contributed by atoms with Gasteiger partial charge in [-0.3, -0.25) is 9.36 Å². The first-order valence-electron chi connectivity index (χ1n) is 12.8. The van der Waals surface area contributed by atoms with Gasteiger partial charge in [-0.2, -0.15) is 0 Å². The predicted octanol–water partition coefficient (Wildman–Crippen LogP) is 3.79. The lowest BCUT2D eigenvalue weighted by Crippen LogP contribution is -2.39. The first kappa shape index (κ1) is 26.3. The van der Waals surface area contributed by atoms with E-state index in [2.05, 4.69) is 4.99 Å². The maximum atomic E-state index is 13.9. The van der Waals surface area contributed by atoms with Crippen molar-refractivity contribution in [2.45, 2.75) is 26.8 Å². The fourth-order valence-corrected chi connectivity index (χ4v) is 5.94.